The largest absolute Gasteiger partial charge is 0.411 e. The van der Waals surface area contributed by atoms with E-state index in [1.807, 2.05) is 0 Å². The van der Waals surface area contributed by atoms with Crippen LogP contribution in [0.15, 0.2) is 0 Å². The fourth-order valence-electron chi connectivity index (χ4n) is 4.98. The first-order valence-electron chi connectivity index (χ1n) is 8.89. The van der Waals surface area contributed by atoms with Crippen molar-refractivity contribution in [2.75, 3.05) is 13.1 Å². The lowest BCUT2D eigenvalue weighted by molar-refractivity contribution is 0.0254. The molecule has 2 fully saturated rings. The zero-order valence-electron chi connectivity index (χ0n) is 14.8. The monoisotopic (exact) mass is 313 g/mol. The molecule has 0 unspecified atom stereocenters. The number of piperidine rings is 1. The topological polar surface area (TPSA) is 32.7 Å². The summed E-state index contributed by atoms with van der Waals surface area (Å²) in [7, 11) is -1.80. The van der Waals surface area contributed by atoms with Crippen molar-refractivity contribution in [2.45, 2.75) is 95.7 Å². The van der Waals surface area contributed by atoms with Crippen molar-refractivity contribution in [1.29, 1.82) is 0 Å². The fourth-order valence-corrected chi connectivity index (χ4v) is 10.6. The lowest BCUT2D eigenvalue weighted by atomic mass is 9.98. The van der Waals surface area contributed by atoms with E-state index in [9.17, 15) is 5.11 Å². The van der Waals surface area contributed by atoms with Crippen molar-refractivity contribution in [3.05, 3.63) is 0 Å². The molecule has 0 bridgehead atoms. The zero-order valence-corrected chi connectivity index (χ0v) is 15.8. The van der Waals surface area contributed by atoms with Crippen LogP contribution in [-0.2, 0) is 4.43 Å². The third-order valence-electron chi connectivity index (χ3n) is 5.92. The summed E-state index contributed by atoms with van der Waals surface area (Å²) in [6.45, 7) is 16.3. The summed E-state index contributed by atoms with van der Waals surface area (Å²) in [5.41, 5.74) is 1.92. The molecule has 0 aromatic carbocycles. The maximum Gasteiger partial charge on any atom is 0.200 e. The van der Waals surface area contributed by atoms with E-state index in [0.717, 1.165) is 32.4 Å². The first kappa shape index (κ1) is 17.5. The summed E-state index contributed by atoms with van der Waals surface area (Å²) in [4.78, 5) is 2.55. The lowest BCUT2D eigenvalue weighted by Gasteiger charge is -2.46. The molecule has 2 rings (SSSR count). The smallest absolute Gasteiger partial charge is 0.200 e. The Balaban J connectivity index is 2.17. The van der Waals surface area contributed by atoms with E-state index in [-0.39, 0.29) is 6.10 Å². The van der Waals surface area contributed by atoms with Gasteiger partial charge in [0.15, 0.2) is 0 Å². The minimum absolute atomic E-state index is 0.122. The van der Waals surface area contributed by atoms with Gasteiger partial charge in [-0.25, -0.2) is 0 Å². The fraction of sp³-hybridized carbons (Fsp3) is 1.00. The van der Waals surface area contributed by atoms with Gasteiger partial charge in [0.25, 0.3) is 0 Å². The molecule has 0 aromatic rings. The van der Waals surface area contributed by atoms with Gasteiger partial charge >= 0.3 is 0 Å². The van der Waals surface area contributed by atoms with Crippen LogP contribution in [0.2, 0.25) is 16.6 Å². The number of hydrogen-bond acceptors (Lipinski definition) is 3. The second-order valence-corrected chi connectivity index (χ2v) is 13.5. The summed E-state index contributed by atoms with van der Waals surface area (Å²) in [6, 6.07) is 0.455. The molecule has 0 aliphatic carbocycles. The Morgan fingerprint density at radius 2 is 1.48 bits per heavy atom. The number of hydrogen-bond donors (Lipinski definition) is 1. The van der Waals surface area contributed by atoms with Crippen LogP contribution in [0.3, 0.4) is 0 Å². The molecule has 2 aliphatic rings. The third-order valence-corrected chi connectivity index (χ3v) is 12.0. The van der Waals surface area contributed by atoms with Gasteiger partial charge in [-0.2, -0.15) is 0 Å². The highest BCUT2D eigenvalue weighted by molar-refractivity contribution is 6.77. The van der Waals surface area contributed by atoms with Crippen molar-refractivity contribution in [1.82, 2.24) is 4.90 Å². The van der Waals surface area contributed by atoms with Crippen LogP contribution in [0.1, 0.15) is 60.8 Å². The Morgan fingerprint density at radius 3 is 2.00 bits per heavy atom. The van der Waals surface area contributed by atoms with Crippen LogP contribution in [0, 0.1) is 0 Å². The van der Waals surface area contributed by atoms with Crippen LogP contribution in [0.5, 0.6) is 0 Å². The molecule has 21 heavy (non-hydrogen) atoms. The highest BCUT2D eigenvalue weighted by Gasteiger charge is 2.50. The number of aliphatic hydroxyl groups excluding tert-OH is 1. The van der Waals surface area contributed by atoms with Gasteiger partial charge in [0.2, 0.25) is 8.32 Å². The predicted octanol–water partition coefficient (Wildman–Crippen LogP) is 3.78. The summed E-state index contributed by atoms with van der Waals surface area (Å²) in [6.07, 6.45) is 3.22. The minimum Gasteiger partial charge on any atom is -0.411 e. The van der Waals surface area contributed by atoms with Crippen LogP contribution in [0.4, 0.5) is 0 Å². The summed E-state index contributed by atoms with van der Waals surface area (Å²) in [5, 5.41) is 10.0. The lowest BCUT2D eigenvalue weighted by Crippen LogP contribution is -2.53. The maximum absolute atomic E-state index is 10.0. The van der Waals surface area contributed by atoms with Gasteiger partial charge in [0, 0.05) is 19.1 Å². The van der Waals surface area contributed by atoms with Crippen molar-refractivity contribution in [3.8, 4) is 0 Å². The highest BCUT2D eigenvalue weighted by Crippen LogP contribution is 2.45. The Morgan fingerprint density at radius 1 is 0.952 bits per heavy atom. The van der Waals surface area contributed by atoms with Gasteiger partial charge in [-0.05, 0) is 35.9 Å². The predicted molar refractivity (Wildman–Crippen MR) is 91.1 cm³/mol. The van der Waals surface area contributed by atoms with Crippen molar-refractivity contribution in [2.24, 2.45) is 0 Å². The maximum atomic E-state index is 10.0. The molecule has 2 aliphatic heterocycles. The molecular formula is C17H35NO2Si. The molecule has 3 atom stereocenters. The first-order valence-corrected chi connectivity index (χ1v) is 11.0. The van der Waals surface area contributed by atoms with E-state index in [2.05, 4.69) is 46.4 Å². The molecule has 0 aromatic heterocycles. The highest BCUT2D eigenvalue weighted by atomic mass is 28.4. The second kappa shape index (κ2) is 6.69. The van der Waals surface area contributed by atoms with Crippen LogP contribution >= 0.6 is 0 Å². The van der Waals surface area contributed by atoms with E-state index in [1.54, 1.807) is 0 Å². The minimum atomic E-state index is -1.80. The molecular weight excluding hydrogens is 278 g/mol. The average Bonchev–Trinajstić information content (AvgIpc) is 2.76. The molecule has 3 nitrogen and oxygen atoms in total. The molecule has 0 amide bonds. The molecule has 2 heterocycles. The van der Waals surface area contributed by atoms with Crippen molar-refractivity contribution in [3.63, 3.8) is 0 Å². The van der Waals surface area contributed by atoms with Crippen molar-refractivity contribution < 1.29 is 9.53 Å². The van der Waals surface area contributed by atoms with Crippen LogP contribution in [-0.4, -0.2) is 49.7 Å². The van der Waals surface area contributed by atoms with Gasteiger partial charge in [0.1, 0.15) is 0 Å². The summed E-state index contributed by atoms with van der Waals surface area (Å²) < 4.78 is 6.99. The number of rotatable bonds is 5. The Bertz CT molecular complexity index is 324. The first-order chi connectivity index (χ1) is 9.79. The van der Waals surface area contributed by atoms with Gasteiger partial charge in [-0.3, -0.25) is 4.90 Å². The quantitative estimate of drug-likeness (QED) is 0.784. The van der Waals surface area contributed by atoms with E-state index in [1.165, 1.54) is 0 Å². The molecule has 2 saturated heterocycles. The Kier molecular flexibility index (Phi) is 5.56. The van der Waals surface area contributed by atoms with Gasteiger partial charge in [0.05, 0.1) is 12.2 Å². The standard InChI is InChI=1S/C17H35NO2Si/c1-12(2)21(13(3)4,14(5)6)20-17-8-10-18-9-7-15(19)11-16(17)18/h12-17,19H,7-11H2,1-6H3/t15-,16+,17-/m1/s1. The van der Waals surface area contributed by atoms with E-state index in [4.69, 9.17) is 4.43 Å². The van der Waals surface area contributed by atoms with Gasteiger partial charge in [-0.1, -0.05) is 41.5 Å². The Hall–Kier alpha value is 0.0969. The second-order valence-electron chi connectivity index (χ2n) is 8.04. The molecule has 1 N–H and O–H groups in total. The zero-order chi connectivity index (χ0) is 15.8. The molecule has 0 spiro atoms. The third kappa shape index (κ3) is 3.24. The van der Waals surface area contributed by atoms with Gasteiger partial charge in [-0.15, -0.1) is 0 Å². The van der Waals surface area contributed by atoms with Crippen LogP contribution < -0.4 is 0 Å². The number of nitrogens with zero attached hydrogens (tertiary/aromatic N) is 1. The van der Waals surface area contributed by atoms with E-state index >= 15 is 0 Å². The van der Waals surface area contributed by atoms with Crippen LogP contribution in [0.25, 0.3) is 0 Å². The Labute approximate surface area is 132 Å². The van der Waals surface area contributed by atoms with E-state index < -0.39 is 8.32 Å². The number of aliphatic hydroxyl groups is 1. The summed E-state index contributed by atoms with van der Waals surface area (Å²) in [5.74, 6) is 0. The molecule has 124 valence electrons. The molecule has 4 heteroatoms. The number of fused-ring (bicyclic) bond motifs is 1. The molecule has 0 saturated carbocycles. The SMILES string of the molecule is CC(C)[Si](O[C@@H]1CCN2CC[C@@H](O)C[C@@H]12)(C(C)C)C(C)C. The van der Waals surface area contributed by atoms with E-state index in [0.29, 0.717) is 28.8 Å². The van der Waals surface area contributed by atoms with Gasteiger partial charge < -0.3 is 9.53 Å². The molecule has 0 radical (unpaired) electrons. The average molecular weight is 314 g/mol. The summed E-state index contributed by atoms with van der Waals surface area (Å²) >= 11 is 0. The normalized spacial score (nSPS) is 31.4. The van der Waals surface area contributed by atoms with Crippen molar-refractivity contribution >= 4 is 8.32 Å².